The summed E-state index contributed by atoms with van der Waals surface area (Å²) in [6, 6.07) is 8.53. The van der Waals surface area contributed by atoms with Gasteiger partial charge in [0.25, 0.3) is 0 Å². The first-order valence-corrected chi connectivity index (χ1v) is 7.90. The third kappa shape index (κ3) is 2.64. The van der Waals surface area contributed by atoms with E-state index in [4.69, 9.17) is 9.47 Å². The Kier molecular flexibility index (Phi) is 3.92. The Bertz CT molecular complexity index is 872. The smallest absolute Gasteiger partial charge is 0.138 e. The number of hydrogen-bond acceptors (Lipinski definition) is 4. The quantitative estimate of drug-likeness (QED) is 0.776. The average Bonchev–Trinajstić information content (AvgIpc) is 3.07. The fourth-order valence-corrected chi connectivity index (χ4v) is 3.11. The molecule has 2 N–H and O–H groups in total. The van der Waals surface area contributed by atoms with E-state index in [9.17, 15) is 4.39 Å². The summed E-state index contributed by atoms with van der Waals surface area (Å²) in [6.07, 6.45) is 1.72. The highest BCUT2D eigenvalue weighted by molar-refractivity contribution is 5.95. The number of benzene rings is 1. The molecule has 4 rings (SSSR count). The molecule has 1 saturated heterocycles. The number of nitrogens with zero attached hydrogens (tertiary/aromatic N) is 1. The van der Waals surface area contributed by atoms with Crippen LogP contribution >= 0.6 is 0 Å². The third-order valence-corrected chi connectivity index (χ3v) is 4.28. The molecule has 0 radical (unpaired) electrons. The average molecular weight is 327 g/mol. The number of morpholine rings is 1. The summed E-state index contributed by atoms with van der Waals surface area (Å²) < 4.78 is 24.6. The molecule has 0 saturated carbocycles. The molecule has 3 aromatic rings. The molecular weight excluding hydrogens is 309 g/mol. The zero-order valence-corrected chi connectivity index (χ0v) is 13.3. The van der Waals surface area contributed by atoms with Crippen molar-refractivity contribution >= 4 is 11.0 Å². The zero-order chi connectivity index (χ0) is 16.5. The molecule has 1 aliphatic rings. The third-order valence-electron chi connectivity index (χ3n) is 4.28. The molecule has 24 heavy (non-hydrogen) atoms. The van der Waals surface area contributed by atoms with E-state index < -0.39 is 0 Å². The highest BCUT2D eigenvalue weighted by Crippen LogP contribution is 2.36. The number of H-pyrrole nitrogens is 1. The van der Waals surface area contributed by atoms with Gasteiger partial charge in [-0.3, -0.25) is 0 Å². The van der Waals surface area contributed by atoms with Crippen LogP contribution in [-0.4, -0.2) is 36.8 Å². The van der Waals surface area contributed by atoms with Crippen molar-refractivity contribution in [1.82, 2.24) is 15.3 Å². The number of aromatic amines is 1. The van der Waals surface area contributed by atoms with E-state index in [1.54, 1.807) is 19.4 Å². The number of rotatable bonds is 3. The number of hydrogen-bond donors (Lipinski definition) is 2. The monoisotopic (exact) mass is 327 g/mol. The lowest BCUT2D eigenvalue weighted by Gasteiger charge is -2.22. The first-order chi connectivity index (χ1) is 11.8. The molecule has 3 heterocycles. The van der Waals surface area contributed by atoms with Crippen LogP contribution < -0.4 is 10.1 Å². The Labute approximate surface area is 138 Å². The topological polar surface area (TPSA) is 59.2 Å². The number of methoxy groups -OCH3 is 1. The van der Waals surface area contributed by atoms with E-state index >= 15 is 0 Å². The molecule has 1 aliphatic heterocycles. The Hall–Kier alpha value is -2.44. The van der Waals surface area contributed by atoms with Crippen molar-refractivity contribution < 1.29 is 13.9 Å². The maximum atomic E-state index is 13.5. The van der Waals surface area contributed by atoms with Gasteiger partial charge in [-0.25, -0.2) is 9.37 Å². The van der Waals surface area contributed by atoms with E-state index in [2.05, 4.69) is 21.4 Å². The lowest BCUT2D eigenvalue weighted by atomic mass is 10.0. The van der Waals surface area contributed by atoms with Crippen molar-refractivity contribution in [2.75, 3.05) is 26.8 Å². The van der Waals surface area contributed by atoms with Crippen LogP contribution in [0.3, 0.4) is 0 Å². The lowest BCUT2D eigenvalue weighted by molar-refractivity contribution is 0.0255. The Morgan fingerprint density at radius 3 is 2.96 bits per heavy atom. The van der Waals surface area contributed by atoms with Crippen molar-refractivity contribution in [3.63, 3.8) is 0 Å². The van der Waals surface area contributed by atoms with Gasteiger partial charge >= 0.3 is 0 Å². The fourth-order valence-electron chi connectivity index (χ4n) is 3.11. The first kappa shape index (κ1) is 15.1. The van der Waals surface area contributed by atoms with Crippen LogP contribution in [0.1, 0.15) is 11.8 Å². The van der Waals surface area contributed by atoms with Gasteiger partial charge in [0, 0.05) is 42.0 Å². The van der Waals surface area contributed by atoms with Gasteiger partial charge in [0.1, 0.15) is 23.3 Å². The summed E-state index contributed by atoms with van der Waals surface area (Å²) in [7, 11) is 1.54. The minimum Gasteiger partial charge on any atom is -0.496 e. The molecule has 0 bridgehead atoms. The minimum absolute atomic E-state index is 0.0177. The van der Waals surface area contributed by atoms with Crippen molar-refractivity contribution in [2.24, 2.45) is 0 Å². The normalized spacial score (nSPS) is 18.0. The number of nitrogens with one attached hydrogen (secondary N) is 2. The van der Waals surface area contributed by atoms with E-state index in [-0.39, 0.29) is 11.9 Å². The predicted molar refractivity (Wildman–Crippen MR) is 89.6 cm³/mol. The Balaban J connectivity index is 1.83. The summed E-state index contributed by atoms with van der Waals surface area (Å²) in [5.41, 5.74) is 3.55. The van der Waals surface area contributed by atoms with E-state index in [1.807, 2.05) is 6.07 Å². The minimum atomic E-state index is -0.322. The van der Waals surface area contributed by atoms with Gasteiger partial charge < -0.3 is 19.8 Å². The van der Waals surface area contributed by atoms with Crippen LogP contribution in [0.2, 0.25) is 0 Å². The van der Waals surface area contributed by atoms with Crippen molar-refractivity contribution in [3.8, 4) is 16.9 Å². The molecule has 0 unspecified atom stereocenters. The summed E-state index contributed by atoms with van der Waals surface area (Å²) in [4.78, 5) is 7.74. The summed E-state index contributed by atoms with van der Waals surface area (Å²) >= 11 is 0. The molecule has 1 fully saturated rings. The van der Waals surface area contributed by atoms with Crippen LogP contribution in [0.5, 0.6) is 5.75 Å². The molecule has 6 heteroatoms. The van der Waals surface area contributed by atoms with Gasteiger partial charge in [-0.15, -0.1) is 0 Å². The highest BCUT2D eigenvalue weighted by Gasteiger charge is 2.20. The first-order valence-electron chi connectivity index (χ1n) is 7.90. The molecule has 2 aromatic heterocycles. The van der Waals surface area contributed by atoms with Gasteiger partial charge in [-0.2, -0.15) is 0 Å². The van der Waals surface area contributed by atoms with Gasteiger partial charge in [0.2, 0.25) is 0 Å². The van der Waals surface area contributed by atoms with Gasteiger partial charge in [0.05, 0.1) is 13.7 Å². The zero-order valence-electron chi connectivity index (χ0n) is 13.3. The van der Waals surface area contributed by atoms with Crippen LogP contribution in [0.4, 0.5) is 4.39 Å². The van der Waals surface area contributed by atoms with Crippen LogP contribution in [-0.2, 0) is 4.74 Å². The molecule has 124 valence electrons. The molecule has 1 atom stereocenters. The fraction of sp³-hybridized carbons (Fsp3) is 0.278. The van der Waals surface area contributed by atoms with Crippen LogP contribution in [0.15, 0.2) is 36.5 Å². The molecule has 1 aromatic carbocycles. The lowest BCUT2D eigenvalue weighted by Crippen LogP contribution is -2.33. The van der Waals surface area contributed by atoms with Crippen LogP contribution in [0, 0.1) is 5.82 Å². The van der Waals surface area contributed by atoms with Crippen LogP contribution in [0.25, 0.3) is 22.2 Å². The van der Waals surface area contributed by atoms with Gasteiger partial charge in [-0.05, 0) is 29.8 Å². The van der Waals surface area contributed by atoms with Crippen molar-refractivity contribution in [2.45, 2.75) is 6.10 Å². The van der Waals surface area contributed by atoms with Crippen molar-refractivity contribution in [3.05, 3.63) is 48.0 Å². The standard InChI is InChI=1S/C18H18FN3O2/c1-23-16-8-11(19)2-3-13(16)12-4-5-21-18-14(12)9-15(22-18)17-10-20-6-7-24-17/h2-5,8-9,17,20H,6-7,10H2,1H3,(H,21,22)/t17-/m1/s1. The molecule has 0 amide bonds. The van der Waals surface area contributed by atoms with E-state index in [1.165, 1.54) is 12.1 Å². The maximum Gasteiger partial charge on any atom is 0.138 e. The maximum absolute atomic E-state index is 13.5. The summed E-state index contributed by atoms with van der Waals surface area (Å²) in [5.74, 6) is 0.179. The number of pyridine rings is 1. The summed E-state index contributed by atoms with van der Waals surface area (Å²) in [5, 5.41) is 4.29. The second-order valence-corrected chi connectivity index (χ2v) is 5.75. The Morgan fingerprint density at radius 2 is 2.17 bits per heavy atom. The van der Waals surface area contributed by atoms with Crippen molar-refractivity contribution in [1.29, 1.82) is 0 Å². The molecule has 5 nitrogen and oxygen atoms in total. The second-order valence-electron chi connectivity index (χ2n) is 5.75. The number of halogens is 1. The molecule has 0 aliphatic carbocycles. The molecule has 0 spiro atoms. The van der Waals surface area contributed by atoms with E-state index in [0.717, 1.165) is 40.9 Å². The number of aromatic nitrogens is 2. The second kappa shape index (κ2) is 6.22. The largest absolute Gasteiger partial charge is 0.496 e. The Morgan fingerprint density at radius 1 is 1.25 bits per heavy atom. The molecular formula is C18H18FN3O2. The van der Waals surface area contributed by atoms with E-state index in [0.29, 0.717) is 12.4 Å². The number of ether oxygens (including phenoxy) is 2. The SMILES string of the molecule is COc1cc(F)ccc1-c1ccnc2[nH]c([C@H]3CNCCO3)cc12. The summed E-state index contributed by atoms with van der Waals surface area (Å²) in [6.45, 7) is 2.32. The van der Waals surface area contributed by atoms with Gasteiger partial charge in [0.15, 0.2) is 0 Å². The van der Waals surface area contributed by atoms with Gasteiger partial charge in [-0.1, -0.05) is 0 Å². The predicted octanol–water partition coefficient (Wildman–Crippen LogP) is 3.04. The number of fused-ring (bicyclic) bond motifs is 1. The highest BCUT2D eigenvalue weighted by atomic mass is 19.1.